The van der Waals surface area contributed by atoms with Gasteiger partial charge < -0.3 is 0 Å². The summed E-state index contributed by atoms with van der Waals surface area (Å²) in [6.45, 7) is 0. The molecule has 2 heterocycles. The van der Waals surface area contributed by atoms with Crippen LogP contribution in [0.4, 0.5) is 0 Å². The van der Waals surface area contributed by atoms with Gasteiger partial charge in [0, 0.05) is 0 Å². The quantitative estimate of drug-likeness (QED) is 0.397. The van der Waals surface area contributed by atoms with E-state index in [2.05, 4.69) is 42.8 Å². The lowest BCUT2D eigenvalue weighted by molar-refractivity contribution is 1.07. The lowest BCUT2D eigenvalue weighted by Gasteiger charge is -1.95. The van der Waals surface area contributed by atoms with E-state index in [1.807, 2.05) is 0 Å². The predicted molar refractivity (Wildman–Crippen MR) is 56.4 cm³/mol. The minimum absolute atomic E-state index is 0.803. The van der Waals surface area contributed by atoms with E-state index in [1.165, 1.54) is 0 Å². The highest BCUT2D eigenvalue weighted by molar-refractivity contribution is 14.1. The molecule has 0 radical (unpaired) electrons. The van der Waals surface area contributed by atoms with Crippen molar-refractivity contribution < 1.29 is 0 Å². The molecule has 0 amide bonds. The monoisotopic (exact) mass is 292 g/mol. The van der Waals surface area contributed by atoms with E-state index in [4.69, 9.17) is 0 Å². The largest absolute Gasteiger partial charge is 0.261 e. The Morgan fingerprint density at radius 2 is 2.42 bits per heavy atom. The van der Waals surface area contributed by atoms with E-state index in [9.17, 15) is 0 Å². The van der Waals surface area contributed by atoms with Crippen molar-refractivity contribution >= 4 is 45.4 Å². The summed E-state index contributed by atoms with van der Waals surface area (Å²) in [5, 5.41) is 8.69. The Balaban J connectivity index is 2.57. The maximum atomic E-state index is 4.16. The molecule has 0 spiro atoms. The van der Waals surface area contributed by atoms with Gasteiger partial charge in [0.15, 0.2) is 5.65 Å². The molecule has 0 saturated carbocycles. The van der Waals surface area contributed by atoms with Crippen LogP contribution in [0.25, 0.3) is 11.0 Å². The van der Waals surface area contributed by atoms with Crippen LogP contribution in [0, 0.1) is 0 Å². The fourth-order valence-corrected chi connectivity index (χ4v) is 2.32. The van der Waals surface area contributed by atoms with Gasteiger partial charge in [0.1, 0.15) is 11.4 Å². The van der Waals surface area contributed by atoms with Crippen LogP contribution in [0.1, 0.15) is 0 Å². The first-order valence-corrected chi connectivity index (χ1v) is 5.76. The van der Waals surface area contributed by atoms with E-state index >= 15 is 0 Å². The number of fused-ring (bicyclic) bond motifs is 1. The van der Waals surface area contributed by atoms with Crippen molar-refractivity contribution in [3.8, 4) is 0 Å². The highest BCUT2D eigenvalue weighted by Gasteiger charge is 2.03. The highest BCUT2D eigenvalue weighted by Crippen LogP contribution is 2.23. The molecule has 0 aromatic carbocycles. The first-order chi connectivity index (χ1) is 5.92. The standard InChI is InChI=1S/C6H5IN4S/c7-2-12-6-4-1-10-11-5(4)8-3-9-6/h1,3H,2H2,(H,8,9,10,11). The molecule has 1 N–H and O–H groups in total. The van der Waals surface area contributed by atoms with Crippen LogP contribution in [0.2, 0.25) is 0 Å². The Morgan fingerprint density at radius 1 is 1.50 bits per heavy atom. The van der Waals surface area contributed by atoms with Gasteiger partial charge >= 0.3 is 0 Å². The third-order valence-electron chi connectivity index (χ3n) is 1.40. The minimum atomic E-state index is 0.803. The molecular formula is C6H5IN4S. The molecule has 62 valence electrons. The van der Waals surface area contributed by atoms with Crippen LogP contribution in [-0.2, 0) is 0 Å². The van der Waals surface area contributed by atoms with Gasteiger partial charge in [0.2, 0.25) is 0 Å². The second-order valence-electron chi connectivity index (χ2n) is 2.06. The number of nitrogens with one attached hydrogen (secondary N) is 1. The average Bonchev–Trinajstić information content (AvgIpc) is 2.53. The Bertz CT molecular complexity index is 388. The molecule has 0 aliphatic rings. The lowest BCUT2D eigenvalue weighted by Crippen LogP contribution is -1.83. The fraction of sp³-hybridized carbons (Fsp3) is 0.167. The van der Waals surface area contributed by atoms with Crippen molar-refractivity contribution in [1.29, 1.82) is 0 Å². The number of alkyl halides is 1. The maximum absolute atomic E-state index is 4.16. The van der Waals surface area contributed by atoms with Crippen LogP contribution < -0.4 is 0 Å². The number of hydrogen-bond donors (Lipinski definition) is 1. The molecule has 4 nitrogen and oxygen atoms in total. The predicted octanol–water partition coefficient (Wildman–Crippen LogP) is 1.84. The number of halogens is 1. The Hall–Kier alpha value is -0.370. The van der Waals surface area contributed by atoms with E-state index in [0.29, 0.717) is 0 Å². The zero-order chi connectivity index (χ0) is 8.39. The number of aromatic nitrogens is 4. The second-order valence-corrected chi connectivity index (χ2v) is 4.83. The summed E-state index contributed by atoms with van der Waals surface area (Å²) in [7, 11) is 0. The second kappa shape index (κ2) is 3.56. The van der Waals surface area contributed by atoms with Gasteiger partial charge in [0.05, 0.1) is 15.3 Å². The molecule has 12 heavy (non-hydrogen) atoms. The molecule has 2 rings (SSSR count). The molecule has 0 aliphatic carbocycles. The molecule has 0 atom stereocenters. The van der Waals surface area contributed by atoms with Gasteiger partial charge in [-0.3, -0.25) is 5.10 Å². The number of nitrogens with zero attached hydrogens (tertiary/aromatic N) is 3. The van der Waals surface area contributed by atoms with Crippen LogP contribution in [0.15, 0.2) is 17.6 Å². The molecular weight excluding hydrogens is 287 g/mol. The summed E-state index contributed by atoms with van der Waals surface area (Å²) in [4.78, 5) is 8.20. The number of H-pyrrole nitrogens is 1. The summed E-state index contributed by atoms with van der Waals surface area (Å²) in [5.74, 6) is 0. The minimum Gasteiger partial charge on any atom is -0.261 e. The highest BCUT2D eigenvalue weighted by atomic mass is 127. The number of aromatic amines is 1. The van der Waals surface area contributed by atoms with Crippen LogP contribution in [-0.4, -0.2) is 23.9 Å². The van der Waals surface area contributed by atoms with Crippen molar-refractivity contribution in [3.63, 3.8) is 0 Å². The Morgan fingerprint density at radius 3 is 3.25 bits per heavy atom. The molecule has 0 unspecified atom stereocenters. The molecule has 2 aromatic rings. The van der Waals surface area contributed by atoms with Crippen molar-refractivity contribution in [1.82, 2.24) is 20.2 Å². The summed E-state index contributed by atoms with van der Waals surface area (Å²) < 4.78 is 0.981. The van der Waals surface area contributed by atoms with Crippen molar-refractivity contribution in [3.05, 3.63) is 12.5 Å². The average molecular weight is 292 g/mol. The molecule has 0 saturated heterocycles. The van der Waals surface area contributed by atoms with Gasteiger partial charge in [-0.2, -0.15) is 5.10 Å². The fourth-order valence-electron chi connectivity index (χ4n) is 0.910. The van der Waals surface area contributed by atoms with Crippen LogP contribution in [0.3, 0.4) is 0 Å². The Labute approximate surface area is 86.7 Å². The van der Waals surface area contributed by atoms with Gasteiger partial charge in [-0.1, -0.05) is 34.4 Å². The summed E-state index contributed by atoms with van der Waals surface area (Å²) in [6, 6.07) is 0. The zero-order valence-electron chi connectivity index (χ0n) is 5.99. The van der Waals surface area contributed by atoms with E-state index in [0.717, 1.165) is 19.8 Å². The topological polar surface area (TPSA) is 54.5 Å². The van der Waals surface area contributed by atoms with Gasteiger partial charge in [-0.05, 0) is 0 Å². The van der Waals surface area contributed by atoms with Crippen molar-refractivity contribution in [2.75, 3.05) is 3.76 Å². The third kappa shape index (κ3) is 1.40. The molecule has 6 heteroatoms. The summed E-state index contributed by atoms with van der Waals surface area (Å²) in [5.41, 5.74) is 0.803. The third-order valence-corrected chi connectivity index (χ3v) is 3.04. The number of thioether (sulfide) groups is 1. The van der Waals surface area contributed by atoms with Crippen LogP contribution in [0.5, 0.6) is 0 Å². The Kier molecular flexibility index (Phi) is 2.45. The van der Waals surface area contributed by atoms with E-state index in [1.54, 1.807) is 24.3 Å². The smallest absolute Gasteiger partial charge is 0.159 e. The number of hydrogen-bond acceptors (Lipinski definition) is 4. The van der Waals surface area contributed by atoms with E-state index < -0.39 is 0 Å². The SMILES string of the molecule is ICSc1ncnc2[nH]ncc12. The summed E-state index contributed by atoms with van der Waals surface area (Å²) in [6.07, 6.45) is 3.30. The maximum Gasteiger partial charge on any atom is 0.159 e. The normalized spacial score (nSPS) is 10.8. The van der Waals surface area contributed by atoms with E-state index in [-0.39, 0.29) is 0 Å². The molecule has 2 aromatic heterocycles. The van der Waals surface area contributed by atoms with Crippen LogP contribution >= 0.6 is 34.4 Å². The van der Waals surface area contributed by atoms with Gasteiger partial charge in [0.25, 0.3) is 0 Å². The van der Waals surface area contributed by atoms with Gasteiger partial charge in [-0.15, -0.1) is 0 Å². The summed E-state index contributed by atoms with van der Waals surface area (Å²) >= 11 is 3.98. The van der Waals surface area contributed by atoms with Crippen molar-refractivity contribution in [2.24, 2.45) is 0 Å². The van der Waals surface area contributed by atoms with Crippen molar-refractivity contribution in [2.45, 2.75) is 5.03 Å². The zero-order valence-corrected chi connectivity index (χ0v) is 8.96. The first kappa shape index (κ1) is 8.24. The first-order valence-electron chi connectivity index (χ1n) is 3.24. The molecule has 0 bridgehead atoms. The number of rotatable bonds is 2. The van der Waals surface area contributed by atoms with Gasteiger partial charge in [-0.25, -0.2) is 9.97 Å². The molecule has 0 aliphatic heterocycles. The lowest BCUT2D eigenvalue weighted by atomic mass is 10.4. The molecule has 0 fully saturated rings.